The van der Waals surface area contributed by atoms with E-state index >= 15 is 0 Å². The fourth-order valence-electron chi connectivity index (χ4n) is 1.90. The molecule has 1 amide bonds. The van der Waals surface area contributed by atoms with Crippen LogP contribution in [-0.4, -0.2) is 35.1 Å². The number of nitro groups is 1. The van der Waals surface area contributed by atoms with Crippen LogP contribution in [0, 0.1) is 10.1 Å². The zero-order chi connectivity index (χ0) is 15.8. The van der Waals surface area contributed by atoms with Crippen molar-refractivity contribution in [3.8, 4) is 0 Å². The van der Waals surface area contributed by atoms with Crippen molar-refractivity contribution >= 4 is 17.3 Å². The van der Waals surface area contributed by atoms with Crippen molar-refractivity contribution in [3.63, 3.8) is 0 Å². The fraction of sp³-hybridized carbons (Fsp3) is 0.500. The molecule has 21 heavy (non-hydrogen) atoms. The number of aliphatic hydroxyl groups is 1. The van der Waals surface area contributed by atoms with E-state index in [0.29, 0.717) is 18.7 Å². The van der Waals surface area contributed by atoms with Gasteiger partial charge in [-0.05, 0) is 25.5 Å². The quantitative estimate of drug-likeness (QED) is 0.502. The lowest BCUT2D eigenvalue weighted by molar-refractivity contribution is -0.384. The predicted octanol–water partition coefficient (Wildman–Crippen LogP) is 1.92. The second-order valence-corrected chi connectivity index (χ2v) is 4.67. The van der Waals surface area contributed by atoms with Crippen LogP contribution < -0.4 is 10.6 Å². The number of benzene rings is 1. The molecule has 1 atom stereocenters. The van der Waals surface area contributed by atoms with Gasteiger partial charge in [0.25, 0.3) is 11.6 Å². The molecule has 0 bridgehead atoms. The second-order valence-electron chi connectivity index (χ2n) is 4.67. The van der Waals surface area contributed by atoms with Gasteiger partial charge in [-0.25, -0.2) is 0 Å². The van der Waals surface area contributed by atoms with Crippen molar-refractivity contribution in [3.05, 3.63) is 33.9 Å². The smallest absolute Gasteiger partial charge is 0.293 e. The molecule has 116 valence electrons. The topological polar surface area (TPSA) is 104 Å². The molecule has 0 aromatic heterocycles. The molecule has 1 rings (SSSR count). The third kappa shape index (κ3) is 5.03. The predicted molar refractivity (Wildman–Crippen MR) is 80.5 cm³/mol. The number of hydrogen-bond acceptors (Lipinski definition) is 5. The van der Waals surface area contributed by atoms with Crippen LogP contribution in [0.1, 0.15) is 37.0 Å². The standard InChI is InChI=1S/C14H21N3O4/c1-3-5-11(18)9-16-12-7-6-10(14(19)15-4-2)8-13(12)17(20)21/h6-8,11,16,18H,3-5,9H2,1-2H3,(H,15,19). The van der Waals surface area contributed by atoms with Crippen molar-refractivity contribution in [2.45, 2.75) is 32.8 Å². The largest absolute Gasteiger partial charge is 0.391 e. The molecule has 0 spiro atoms. The first kappa shape index (κ1) is 16.9. The second kappa shape index (κ2) is 8.21. The minimum absolute atomic E-state index is 0.178. The van der Waals surface area contributed by atoms with Crippen molar-refractivity contribution in [1.82, 2.24) is 5.32 Å². The Hall–Kier alpha value is -2.15. The summed E-state index contributed by atoms with van der Waals surface area (Å²) in [5.41, 5.74) is 0.355. The van der Waals surface area contributed by atoms with Crippen LogP contribution in [0.25, 0.3) is 0 Å². The molecule has 1 unspecified atom stereocenters. The summed E-state index contributed by atoms with van der Waals surface area (Å²) in [7, 11) is 0. The summed E-state index contributed by atoms with van der Waals surface area (Å²) in [5.74, 6) is -0.349. The molecular formula is C14H21N3O4. The van der Waals surface area contributed by atoms with Gasteiger partial charge in [0.1, 0.15) is 5.69 Å². The Labute approximate surface area is 123 Å². The molecule has 0 saturated carbocycles. The zero-order valence-electron chi connectivity index (χ0n) is 12.3. The molecule has 7 nitrogen and oxygen atoms in total. The lowest BCUT2D eigenvalue weighted by atomic mass is 10.1. The Balaban J connectivity index is 2.89. The van der Waals surface area contributed by atoms with Gasteiger partial charge in [-0.15, -0.1) is 0 Å². The van der Waals surface area contributed by atoms with Crippen LogP contribution in [-0.2, 0) is 0 Å². The fourth-order valence-corrected chi connectivity index (χ4v) is 1.90. The number of nitro benzene ring substituents is 1. The number of carbonyl (C=O) groups is 1. The molecule has 0 radical (unpaired) electrons. The number of rotatable bonds is 8. The molecule has 0 aliphatic rings. The molecule has 0 aliphatic heterocycles. The number of amides is 1. The third-order valence-corrected chi connectivity index (χ3v) is 2.94. The number of aliphatic hydroxyl groups excluding tert-OH is 1. The van der Waals surface area contributed by atoms with Crippen molar-refractivity contribution in [2.75, 3.05) is 18.4 Å². The first-order valence-electron chi connectivity index (χ1n) is 6.98. The number of nitrogens with one attached hydrogen (secondary N) is 2. The van der Waals surface area contributed by atoms with Crippen LogP contribution in [0.15, 0.2) is 18.2 Å². The molecule has 3 N–H and O–H groups in total. The van der Waals surface area contributed by atoms with Crippen molar-refractivity contribution < 1.29 is 14.8 Å². The monoisotopic (exact) mass is 295 g/mol. The zero-order valence-corrected chi connectivity index (χ0v) is 12.3. The van der Waals surface area contributed by atoms with Crippen molar-refractivity contribution in [1.29, 1.82) is 0 Å². The lowest BCUT2D eigenvalue weighted by Crippen LogP contribution is -2.23. The molecule has 0 aliphatic carbocycles. The van der Waals surface area contributed by atoms with E-state index in [1.54, 1.807) is 6.92 Å². The highest BCUT2D eigenvalue weighted by Gasteiger charge is 2.17. The van der Waals surface area contributed by atoms with Crippen molar-refractivity contribution in [2.24, 2.45) is 0 Å². The first-order chi connectivity index (χ1) is 9.99. The van der Waals surface area contributed by atoms with E-state index in [0.717, 1.165) is 6.42 Å². The van der Waals surface area contributed by atoms with Crippen LogP contribution in [0.2, 0.25) is 0 Å². The number of nitrogens with zero attached hydrogens (tertiary/aromatic N) is 1. The van der Waals surface area contributed by atoms with Crippen LogP contribution >= 0.6 is 0 Å². The van der Waals surface area contributed by atoms with Crippen LogP contribution in [0.4, 0.5) is 11.4 Å². The molecule has 1 aromatic rings. The maximum Gasteiger partial charge on any atom is 0.293 e. The highest BCUT2D eigenvalue weighted by Crippen LogP contribution is 2.25. The Morgan fingerprint density at radius 1 is 1.43 bits per heavy atom. The van der Waals surface area contributed by atoms with E-state index in [1.165, 1.54) is 18.2 Å². The molecular weight excluding hydrogens is 274 g/mol. The highest BCUT2D eigenvalue weighted by molar-refractivity contribution is 5.95. The van der Waals surface area contributed by atoms with Crippen LogP contribution in [0.5, 0.6) is 0 Å². The normalized spacial score (nSPS) is 11.8. The Kier molecular flexibility index (Phi) is 6.61. The number of carbonyl (C=O) groups excluding carboxylic acids is 1. The molecule has 0 heterocycles. The van der Waals surface area contributed by atoms with Gasteiger partial charge < -0.3 is 15.7 Å². The summed E-state index contributed by atoms with van der Waals surface area (Å²) in [6.45, 7) is 4.41. The molecule has 1 aromatic carbocycles. The van der Waals surface area contributed by atoms with Gasteiger partial charge in [0, 0.05) is 24.7 Å². The van der Waals surface area contributed by atoms with E-state index in [9.17, 15) is 20.0 Å². The minimum Gasteiger partial charge on any atom is -0.391 e. The first-order valence-corrected chi connectivity index (χ1v) is 6.98. The van der Waals surface area contributed by atoms with Gasteiger partial charge in [0.15, 0.2) is 0 Å². The van der Waals surface area contributed by atoms with Gasteiger partial charge in [0.2, 0.25) is 0 Å². The Morgan fingerprint density at radius 3 is 2.71 bits per heavy atom. The van der Waals surface area contributed by atoms with E-state index in [2.05, 4.69) is 10.6 Å². The molecule has 7 heteroatoms. The highest BCUT2D eigenvalue weighted by atomic mass is 16.6. The maximum absolute atomic E-state index is 11.7. The van der Waals surface area contributed by atoms with Gasteiger partial charge in [-0.1, -0.05) is 13.3 Å². The van der Waals surface area contributed by atoms with E-state index in [1.807, 2.05) is 6.92 Å². The molecule has 0 saturated heterocycles. The summed E-state index contributed by atoms with van der Waals surface area (Å²) in [4.78, 5) is 22.2. The third-order valence-electron chi connectivity index (χ3n) is 2.94. The maximum atomic E-state index is 11.7. The van der Waals surface area contributed by atoms with Gasteiger partial charge >= 0.3 is 0 Å². The summed E-state index contributed by atoms with van der Waals surface area (Å²) in [5, 5.41) is 26.2. The van der Waals surface area contributed by atoms with Crippen LogP contribution in [0.3, 0.4) is 0 Å². The Bertz CT molecular complexity index is 505. The average Bonchev–Trinajstić information content (AvgIpc) is 2.45. The van der Waals surface area contributed by atoms with E-state index in [4.69, 9.17) is 0 Å². The minimum atomic E-state index is -0.558. The van der Waals surface area contributed by atoms with Gasteiger partial charge in [-0.2, -0.15) is 0 Å². The summed E-state index contributed by atoms with van der Waals surface area (Å²) < 4.78 is 0. The SMILES string of the molecule is CCCC(O)CNc1ccc(C(=O)NCC)cc1[N+](=O)[O-]. The van der Waals surface area contributed by atoms with E-state index in [-0.39, 0.29) is 23.7 Å². The summed E-state index contributed by atoms with van der Waals surface area (Å²) in [6.07, 6.45) is 0.899. The summed E-state index contributed by atoms with van der Waals surface area (Å²) in [6, 6.07) is 4.24. The van der Waals surface area contributed by atoms with Gasteiger partial charge in [0.05, 0.1) is 11.0 Å². The van der Waals surface area contributed by atoms with E-state index < -0.39 is 11.0 Å². The number of anilines is 1. The number of hydrogen-bond donors (Lipinski definition) is 3. The lowest BCUT2D eigenvalue weighted by Gasteiger charge is -2.12. The summed E-state index contributed by atoms with van der Waals surface area (Å²) >= 11 is 0. The average molecular weight is 295 g/mol. The van der Waals surface area contributed by atoms with Gasteiger partial charge in [-0.3, -0.25) is 14.9 Å². The molecule has 0 fully saturated rings. The Morgan fingerprint density at radius 2 is 2.14 bits per heavy atom.